The number of nitrogens with two attached hydrogens (primary N) is 2. The summed E-state index contributed by atoms with van der Waals surface area (Å²) in [5.74, 6) is -2.76. The Morgan fingerprint density at radius 1 is 0.587 bits per heavy atom. The molecule has 26 nitrogen and oxygen atoms in total. The Bertz CT molecular complexity index is 3930. The normalized spacial score (nSPS) is 16.8. The summed E-state index contributed by atoms with van der Waals surface area (Å²) in [6.45, 7) is 23.0. The number of nitrogen functional groups attached to an aromatic ring is 2. The molecular weight excluding hydrogens is 1290 g/mol. The van der Waals surface area contributed by atoms with E-state index in [1.165, 1.54) is 60.9 Å². The minimum atomic E-state index is -4.00. The third-order valence-corrected chi connectivity index (χ3v) is 17.9. The van der Waals surface area contributed by atoms with Crippen molar-refractivity contribution in [1.29, 1.82) is 0 Å². The van der Waals surface area contributed by atoms with Gasteiger partial charge in [0.15, 0.2) is 23.0 Å². The van der Waals surface area contributed by atoms with Crippen LogP contribution in [0.15, 0.2) is 124 Å². The van der Waals surface area contributed by atoms with Crippen molar-refractivity contribution in [2.24, 2.45) is 0 Å². The van der Waals surface area contributed by atoms with Gasteiger partial charge in [0.25, 0.3) is 31.9 Å². The molecule has 0 saturated carbocycles. The molecule has 2 aromatic heterocycles. The average Bonchev–Trinajstić information content (AvgIpc) is 1.61. The van der Waals surface area contributed by atoms with Crippen molar-refractivity contribution in [2.45, 2.75) is 153 Å². The summed E-state index contributed by atoms with van der Waals surface area (Å²) in [7, 11) is -8.30. The minimum Gasteiger partial charge on any atom is -0.444 e. The molecule has 0 bridgehead atoms. The van der Waals surface area contributed by atoms with E-state index in [4.69, 9.17) is 30.2 Å². The van der Waals surface area contributed by atoms with Crippen LogP contribution < -0.4 is 37.0 Å². The highest BCUT2D eigenvalue weighted by atomic mass is 79.9. The zero-order valence-electron chi connectivity index (χ0n) is 53.1. The van der Waals surface area contributed by atoms with E-state index in [9.17, 15) is 45.6 Å². The predicted octanol–water partition coefficient (Wildman–Crippen LogP) is 8.83. The molecule has 3 aliphatic heterocycles. The average molecular weight is 1370 g/mol. The molecule has 3 saturated heterocycles. The van der Waals surface area contributed by atoms with E-state index in [1.807, 2.05) is 92.3 Å². The molecule has 9 rings (SSSR count). The number of aromatic nitrogens is 4. The molecule has 6 amide bonds. The van der Waals surface area contributed by atoms with Crippen molar-refractivity contribution in [1.82, 2.24) is 39.2 Å². The number of benzene rings is 4. The first-order valence-electron chi connectivity index (χ1n) is 29.2. The quantitative estimate of drug-likeness (QED) is 0.0623. The summed E-state index contributed by atoms with van der Waals surface area (Å²) in [4.78, 5) is 91.9. The number of rotatable bonds is 12. The van der Waals surface area contributed by atoms with Gasteiger partial charge in [-0.25, -0.2) is 55.8 Å². The van der Waals surface area contributed by atoms with Crippen LogP contribution in [0.2, 0.25) is 0 Å². The van der Waals surface area contributed by atoms with E-state index in [1.54, 1.807) is 4.90 Å². The molecule has 30 heteroatoms. The van der Waals surface area contributed by atoms with Crippen LogP contribution >= 0.6 is 15.9 Å². The van der Waals surface area contributed by atoms with Gasteiger partial charge < -0.3 is 50.7 Å². The first-order valence-corrected chi connectivity index (χ1v) is 32.9. The van der Waals surface area contributed by atoms with Gasteiger partial charge in [0.2, 0.25) is 11.8 Å². The Balaban J connectivity index is 0.000000205. The molecule has 3 aliphatic rings. The fourth-order valence-corrected chi connectivity index (χ4v) is 11.9. The lowest BCUT2D eigenvalue weighted by molar-refractivity contribution is -0.118. The van der Waals surface area contributed by atoms with Gasteiger partial charge in [-0.15, -0.1) is 0 Å². The summed E-state index contributed by atoms with van der Waals surface area (Å²) < 4.78 is 75.3. The molecule has 0 radical (unpaired) electrons. The topological polar surface area (TPSA) is 366 Å². The van der Waals surface area contributed by atoms with Crippen molar-refractivity contribution in [3.63, 3.8) is 0 Å². The molecule has 2 unspecified atom stereocenters. The molecule has 490 valence electrons. The molecule has 3 fully saturated rings. The van der Waals surface area contributed by atoms with Crippen molar-refractivity contribution >= 4 is 107 Å². The SMILES string of the molecule is CC(=O)NS(=O)(=O)c1ccc(NC(=O)c2nc(-c3ccc(C4CCCN4C(=O)OC(C)(C)C)cc3)cnc2N)cc1.CC(=O)NS(=O)(=O)c1ccc(NC(=O)c2nc(Br)cnc2N)cc1.CC(C)(C)OC(=O)N1CCCC1c1ccc(B2OC(C)(C)C(C)(C)O2)cc1. The lowest BCUT2D eigenvalue weighted by Gasteiger charge is -2.32. The number of halogens is 1. The summed E-state index contributed by atoms with van der Waals surface area (Å²) >= 11 is 3.09. The Morgan fingerprint density at radius 2 is 0.967 bits per heavy atom. The van der Waals surface area contributed by atoms with Crippen LogP contribution in [0.5, 0.6) is 0 Å². The zero-order valence-corrected chi connectivity index (χ0v) is 56.3. The molecular formula is C62H76BBrN12O14S2. The number of ether oxygens (including phenoxy) is 2. The van der Waals surface area contributed by atoms with Gasteiger partial charge in [-0.05, 0) is 176 Å². The molecule has 6 aromatic rings. The van der Waals surface area contributed by atoms with Crippen LogP contribution in [0, 0.1) is 0 Å². The van der Waals surface area contributed by atoms with Crippen LogP contribution in [0.25, 0.3) is 11.3 Å². The molecule has 0 spiro atoms. The molecule has 5 heterocycles. The van der Waals surface area contributed by atoms with E-state index in [-0.39, 0.29) is 75.4 Å². The third-order valence-electron chi connectivity index (χ3n) is 14.6. The van der Waals surface area contributed by atoms with Crippen molar-refractivity contribution in [3.8, 4) is 11.3 Å². The van der Waals surface area contributed by atoms with Gasteiger partial charge in [-0.1, -0.05) is 48.5 Å². The number of sulfonamides is 2. The summed E-state index contributed by atoms with van der Waals surface area (Å²) in [5.41, 5.74) is 14.4. The largest absolute Gasteiger partial charge is 0.494 e. The highest BCUT2D eigenvalue weighted by molar-refractivity contribution is 9.10. The van der Waals surface area contributed by atoms with E-state index in [2.05, 4.69) is 86.3 Å². The maximum absolute atomic E-state index is 13.0. The van der Waals surface area contributed by atoms with E-state index < -0.39 is 54.9 Å². The Hall–Kier alpha value is -8.58. The van der Waals surface area contributed by atoms with Gasteiger partial charge in [0.1, 0.15) is 15.8 Å². The molecule has 92 heavy (non-hydrogen) atoms. The van der Waals surface area contributed by atoms with Crippen LogP contribution in [0.1, 0.15) is 153 Å². The minimum absolute atomic E-state index is 0.0412. The van der Waals surface area contributed by atoms with Crippen LogP contribution in [-0.4, -0.2) is 125 Å². The summed E-state index contributed by atoms with van der Waals surface area (Å²) in [6.07, 6.45) is 5.89. The number of likely N-dealkylation sites (tertiary alicyclic amines) is 2. The number of nitrogens with one attached hydrogen (secondary N) is 4. The van der Waals surface area contributed by atoms with E-state index in [0.717, 1.165) is 62.7 Å². The van der Waals surface area contributed by atoms with Crippen LogP contribution in [-0.2, 0) is 48.4 Å². The number of nitrogens with zero attached hydrogens (tertiary/aromatic N) is 6. The molecule has 0 aliphatic carbocycles. The first kappa shape index (κ1) is 70.9. The highest BCUT2D eigenvalue weighted by Gasteiger charge is 2.52. The third kappa shape index (κ3) is 18.6. The maximum atomic E-state index is 13.0. The Morgan fingerprint density at radius 3 is 1.36 bits per heavy atom. The lowest BCUT2D eigenvalue weighted by atomic mass is 9.78. The van der Waals surface area contributed by atoms with Gasteiger partial charge in [-0.3, -0.25) is 19.2 Å². The molecule has 8 N–H and O–H groups in total. The number of amides is 6. The fraction of sp³-hybridized carbons (Fsp3) is 0.387. The van der Waals surface area contributed by atoms with Gasteiger partial charge in [-0.2, -0.15) is 0 Å². The summed E-state index contributed by atoms with van der Waals surface area (Å²) in [5, 5.41) is 5.14. The second kappa shape index (κ2) is 28.5. The predicted molar refractivity (Wildman–Crippen MR) is 349 cm³/mol. The van der Waals surface area contributed by atoms with Crippen LogP contribution in [0.3, 0.4) is 0 Å². The standard InChI is InChI=1S/C28H32N6O6S.C21H32BNO4.C13H12BrN5O4S/c1-17(35)33-41(38,39)21-13-11-20(12-14-21)31-26(36)24-25(29)30-16-22(32-24)18-7-9-19(10-8-18)23-6-5-15-34(23)27(37)40-28(2,3)4;1-19(2,3)25-18(24)23-14-8-9-17(23)15-10-12-16(13-11-15)22-26-20(4,5)21(6,7)27-22;1-7(20)19-24(22,23)9-4-2-8(3-5-9)17-13(21)11-12(15)16-6-10(14)18-11/h7-14,16,23H,5-6,15H2,1-4H3,(H2,29,30)(H,31,36)(H,33,35);10-13,17H,8-9,14H2,1-7H3;2-6H,1H3,(H2,15,16)(H,17,21)(H,19,20). The van der Waals surface area contributed by atoms with Gasteiger partial charge >= 0.3 is 19.3 Å². The van der Waals surface area contributed by atoms with Gasteiger partial charge in [0, 0.05) is 43.9 Å². The second-order valence-corrected chi connectivity index (χ2v) is 28.9. The molecule has 4 aromatic carbocycles. The fourth-order valence-electron chi connectivity index (χ4n) is 9.60. The van der Waals surface area contributed by atoms with Crippen LogP contribution in [0.4, 0.5) is 32.6 Å². The first-order chi connectivity index (χ1) is 42.8. The van der Waals surface area contributed by atoms with Crippen molar-refractivity contribution in [2.75, 3.05) is 35.2 Å². The highest BCUT2D eigenvalue weighted by Crippen LogP contribution is 2.38. The summed E-state index contributed by atoms with van der Waals surface area (Å²) in [6, 6.07) is 26.2. The number of hydrogen-bond donors (Lipinski definition) is 6. The maximum Gasteiger partial charge on any atom is 0.494 e. The smallest absolute Gasteiger partial charge is 0.444 e. The number of carbonyl (C=O) groups is 6. The van der Waals surface area contributed by atoms with E-state index in [0.29, 0.717) is 33.8 Å². The zero-order chi connectivity index (χ0) is 67.9. The monoisotopic (exact) mass is 1370 g/mol. The number of anilines is 4. The van der Waals surface area contributed by atoms with Crippen molar-refractivity contribution in [3.05, 3.63) is 137 Å². The Kier molecular flexibility index (Phi) is 22.0. The second-order valence-electron chi connectivity index (χ2n) is 24.7. The Labute approximate surface area is 544 Å². The number of carbonyl (C=O) groups excluding carboxylic acids is 6. The van der Waals surface area contributed by atoms with E-state index >= 15 is 0 Å². The van der Waals surface area contributed by atoms with Gasteiger partial charge in [0.05, 0.1) is 51.2 Å². The molecule has 2 atom stereocenters. The lowest BCUT2D eigenvalue weighted by Crippen LogP contribution is -2.41. The number of hydrogen-bond acceptors (Lipinski definition) is 20. The van der Waals surface area contributed by atoms with Crippen molar-refractivity contribution < 1.29 is 64.4 Å².